The highest BCUT2D eigenvalue weighted by molar-refractivity contribution is 6.31. The van der Waals surface area contributed by atoms with Gasteiger partial charge in [0.1, 0.15) is 0 Å². The minimum absolute atomic E-state index is 0.0329. The molecule has 1 aliphatic heterocycles. The van der Waals surface area contributed by atoms with Gasteiger partial charge in [0, 0.05) is 23.8 Å². The van der Waals surface area contributed by atoms with Crippen LogP contribution < -0.4 is 0 Å². The first kappa shape index (κ1) is 17.0. The predicted molar refractivity (Wildman–Crippen MR) is 93.6 cm³/mol. The SMILES string of the molecule is Cc1nn(Cc2ccccc2Cl)c(C)c1C(=O)N1CCOC(C)C1. The quantitative estimate of drug-likeness (QED) is 0.857. The van der Waals surface area contributed by atoms with Gasteiger partial charge in [0.2, 0.25) is 0 Å². The van der Waals surface area contributed by atoms with E-state index >= 15 is 0 Å². The molecular formula is C18H22ClN3O2. The number of halogens is 1. The second kappa shape index (κ2) is 6.95. The van der Waals surface area contributed by atoms with Gasteiger partial charge < -0.3 is 9.64 Å². The van der Waals surface area contributed by atoms with Crippen molar-refractivity contribution in [2.75, 3.05) is 19.7 Å². The van der Waals surface area contributed by atoms with Gasteiger partial charge in [-0.2, -0.15) is 5.10 Å². The largest absolute Gasteiger partial charge is 0.375 e. The maximum Gasteiger partial charge on any atom is 0.257 e. The number of ether oxygens (including phenoxy) is 1. The van der Waals surface area contributed by atoms with Crippen molar-refractivity contribution in [1.29, 1.82) is 0 Å². The van der Waals surface area contributed by atoms with Crippen LogP contribution >= 0.6 is 11.6 Å². The number of aromatic nitrogens is 2. The molecule has 6 heteroatoms. The first-order valence-electron chi connectivity index (χ1n) is 8.15. The average Bonchev–Trinajstić information content (AvgIpc) is 2.83. The molecule has 24 heavy (non-hydrogen) atoms. The molecule has 1 aromatic heterocycles. The van der Waals surface area contributed by atoms with E-state index in [4.69, 9.17) is 16.3 Å². The first-order chi connectivity index (χ1) is 11.5. The van der Waals surface area contributed by atoms with Crippen LogP contribution in [-0.4, -0.2) is 46.4 Å². The van der Waals surface area contributed by atoms with Crippen molar-refractivity contribution in [3.05, 3.63) is 51.8 Å². The van der Waals surface area contributed by atoms with E-state index in [9.17, 15) is 4.79 Å². The van der Waals surface area contributed by atoms with E-state index < -0.39 is 0 Å². The van der Waals surface area contributed by atoms with Crippen molar-refractivity contribution >= 4 is 17.5 Å². The third-order valence-corrected chi connectivity index (χ3v) is 4.77. The van der Waals surface area contributed by atoms with Crippen molar-refractivity contribution in [2.24, 2.45) is 0 Å². The summed E-state index contributed by atoms with van der Waals surface area (Å²) in [6.45, 7) is 8.18. The fraction of sp³-hybridized carbons (Fsp3) is 0.444. The maximum atomic E-state index is 12.9. The van der Waals surface area contributed by atoms with E-state index in [0.717, 1.165) is 17.0 Å². The molecule has 0 aliphatic carbocycles. The van der Waals surface area contributed by atoms with E-state index in [0.29, 0.717) is 36.8 Å². The topological polar surface area (TPSA) is 47.4 Å². The van der Waals surface area contributed by atoms with Crippen LogP contribution in [0.3, 0.4) is 0 Å². The number of benzene rings is 1. The summed E-state index contributed by atoms with van der Waals surface area (Å²) in [5.74, 6) is 0.0329. The number of carbonyl (C=O) groups is 1. The van der Waals surface area contributed by atoms with Crippen LogP contribution in [0.15, 0.2) is 24.3 Å². The molecule has 1 aliphatic rings. The molecule has 2 heterocycles. The van der Waals surface area contributed by atoms with Crippen molar-refractivity contribution in [1.82, 2.24) is 14.7 Å². The number of morpholine rings is 1. The standard InChI is InChI=1S/C18H22ClN3O2/c1-12-10-21(8-9-24-12)18(23)17-13(2)20-22(14(17)3)11-15-6-4-5-7-16(15)19/h4-7,12H,8-11H2,1-3H3. The lowest BCUT2D eigenvalue weighted by Crippen LogP contribution is -2.44. The molecule has 5 nitrogen and oxygen atoms in total. The number of carbonyl (C=O) groups excluding carboxylic acids is 1. The molecule has 1 saturated heterocycles. The zero-order valence-electron chi connectivity index (χ0n) is 14.3. The molecule has 1 fully saturated rings. The van der Waals surface area contributed by atoms with Crippen molar-refractivity contribution in [3.63, 3.8) is 0 Å². The molecule has 128 valence electrons. The van der Waals surface area contributed by atoms with Crippen LogP contribution in [-0.2, 0) is 11.3 Å². The Balaban J connectivity index is 1.86. The number of hydrogen-bond acceptors (Lipinski definition) is 3. The molecular weight excluding hydrogens is 326 g/mol. The zero-order valence-corrected chi connectivity index (χ0v) is 15.0. The van der Waals surface area contributed by atoms with Gasteiger partial charge in [-0.3, -0.25) is 9.48 Å². The maximum absolute atomic E-state index is 12.9. The molecule has 1 aromatic carbocycles. The molecule has 1 amide bonds. The molecule has 1 unspecified atom stereocenters. The second-order valence-corrected chi connectivity index (χ2v) is 6.63. The van der Waals surface area contributed by atoms with Gasteiger partial charge >= 0.3 is 0 Å². The lowest BCUT2D eigenvalue weighted by Gasteiger charge is -2.31. The Morgan fingerprint density at radius 2 is 2.12 bits per heavy atom. The molecule has 2 aromatic rings. The van der Waals surface area contributed by atoms with Crippen LogP contribution in [0.1, 0.15) is 34.2 Å². The highest BCUT2D eigenvalue weighted by atomic mass is 35.5. The number of nitrogens with zero attached hydrogens (tertiary/aromatic N) is 3. The van der Waals surface area contributed by atoms with E-state index in [1.54, 1.807) is 0 Å². The lowest BCUT2D eigenvalue weighted by atomic mass is 10.1. The highest BCUT2D eigenvalue weighted by Crippen LogP contribution is 2.21. The summed E-state index contributed by atoms with van der Waals surface area (Å²) >= 11 is 6.24. The monoisotopic (exact) mass is 347 g/mol. The van der Waals surface area contributed by atoms with Crippen molar-refractivity contribution in [3.8, 4) is 0 Å². The molecule has 0 N–H and O–H groups in total. The van der Waals surface area contributed by atoms with Gasteiger partial charge in [-0.15, -0.1) is 0 Å². The summed E-state index contributed by atoms with van der Waals surface area (Å²) in [5, 5.41) is 5.27. The Hall–Kier alpha value is -1.85. The van der Waals surface area contributed by atoms with E-state index in [2.05, 4.69) is 5.10 Å². The van der Waals surface area contributed by atoms with Crippen LogP contribution in [0.5, 0.6) is 0 Å². The number of aryl methyl sites for hydroxylation is 1. The van der Waals surface area contributed by atoms with E-state index in [1.165, 1.54) is 0 Å². The first-order valence-corrected chi connectivity index (χ1v) is 8.53. The molecule has 0 saturated carbocycles. The van der Waals surface area contributed by atoms with E-state index in [-0.39, 0.29) is 12.0 Å². The van der Waals surface area contributed by atoms with Crippen LogP contribution in [0, 0.1) is 13.8 Å². The Morgan fingerprint density at radius 1 is 1.38 bits per heavy atom. The molecule has 0 radical (unpaired) electrons. The van der Waals surface area contributed by atoms with Crippen LogP contribution in [0.25, 0.3) is 0 Å². The molecule has 1 atom stereocenters. The number of rotatable bonds is 3. The fourth-order valence-electron chi connectivity index (χ4n) is 3.11. The fourth-order valence-corrected chi connectivity index (χ4v) is 3.30. The van der Waals surface area contributed by atoms with Crippen molar-refractivity contribution < 1.29 is 9.53 Å². The third kappa shape index (κ3) is 3.32. The van der Waals surface area contributed by atoms with Crippen LogP contribution in [0.2, 0.25) is 5.02 Å². The summed E-state index contributed by atoms with van der Waals surface area (Å²) in [7, 11) is 0. The third-order valence-electron chi connectivity index (χ3n) is 4.40. The minimum atomic E-state index is 0.0329. The van der Waals surface area contributed by atoms with Crippen LogP contribution in [0.4, 0.5) is 0 Å². The number of amides is 1. The van der Waals surface area contributed by atoms with Gasteiger partial charge in [0.15, 0.2) is 0 Å². The van der Waals surface area contributed by atoms with E-state index in [1.807, 2.05) is 54.6 Å². The lowest BCUT2D eigenvalue weighted by molar-refractivity contribution is -0.0124. The second-order valence-electron chi connectivity index (χ2n) is 6.23. The summed E-state index contributed by atoms with van der Waals surface area (Å²) in [5.41, 5.74) is 3.31. The predicted octanol–water partition coefficient (Wildman–Crippen LogP) is 3.06. The van der Waals surface area contributed by atoms with Gasteiger partial charge in [0.25, 0.3) is 5.91 Å². The van der Waals surface area contributed by atoms with Gasteiger partial charge in [-0.1, -0.05) is 29.8 Å². The van der Waals surface area contributed by atoms with Gasteiger partial charge in [-0.25, -0.2) is 0 Å². The summed E-state index contributed by atoms with van der Waals surface area (Å²) in [6.07, 6.45) is 0.0708. The van der Waals surface area contributed by atoms with Gasteiger partial charge in [0.05, 0.1) is 30.5 Å². The molecule has 0 spiro atoms. The highest BCUT2D eigenvalue weighted by Gasteiger charge is 2.27. The average molecular weight is 348 g/mol. The zero-order chi connectivity index (χ0) is 17.3. The summed E-state index contributed by atoms with van der Waals surface area (Å²) in [4.78, 5) is 14.8. The van der Waals surface area contributed by atoms with Gasteiger partial charge in [-0.05, 0) is 32.4 Å². The Bertz CT molecular complexity index is 757. The summed E-state index contributed by atoms with van der Waals surface area (Å²) in [6, 6.07) is 7.70. The Morgan fingerprint density at radius 3 is 2.83 bits per heavy atom. The number of hydrogen-bond donors (Lipinski definition) is 0. The molecule has 0 bridgehead atoms. The Labute approximate surface area is 147 Å². The summed E-state index contributed by atoms with van der Waals surface area (Å²) < 4.78 is 7.38. The minimum Gasteiger partial charge on any atom is -0.375 e. The molecule has 3 rings (SSSR count). The smallest absolute Gasteiger partial charge is 0.257 e. The normalized spacial score (nSPS) is 18.0. The Kier molecular flexibility index (Phi) is 4.92. The van der Waals surface area contributed by atoms with Crippen molar-refractivity contribution in [2.45, 2.75) is 33.4 Å².